The van der Waals surface area contributed by atoms with Crippen molar-refractivity contribution in [2.45, 2.75) is 0 Å². The van der Waals surface area contributed by atoms with Gasteiger partial charge in [-0.2, -0.15) is 4.68 Å². The highest BCUT2D eigenvalue weighted by atomic mass is 16.5. The molecule has 4 aromatic rings. The lowest BCUT2D eigenvalue weighted by Gasteiger charge is -2.04. The van der Waals surface area contributed by atoms with Crippen molar-refractivity contribution in [1.82, 2.24) is 25.0 Å². The number of methoxy groups -OCH3 is 1. The third-order valence-corrected chi connectivity index (χ3v) is 3.81. The molecule has 0 spiro atoms. The van der Waals surface area contributed by atoms with E-state index in [-0.39, 0.29) is 11.5 Å². The lowest BCUT2D eigenvalue weighted by molar-refractivity contribution is 0.103. The third-order valence-electron chi connectivity index (χ3n) is 3.81. The van der Waals surface area contributed by atoms with Crippen molar-refractivity contribution >= 4 is 16.9 Å². The Morgan fingerprint density at radius 3 is 2.48 bits per heavy atom. The van der Waals surface area contributed by atoms with E-state index in [0.29, 0.717) is 16.7 Å². The van der Waals surface area contributed by atoms with E-state index in [1.165, 1.54) is 6.33 Å². The Kier molecular flexibility index (Phi) is 3.66. The lowest BCUT2D eigenvalue weighted by atomic mass is 10.1. The van der Waals surface area contributed by atoms with Crippen molar-refractivity contribution in [3.63, 3.8) is 0 Å². The number of carbonyl (C=O) groups excluding carboxylic acids is 1. The predicted octanol–water partition coefficient (Wildman–Crippen LogP) is 2.45. The van der Waals surface area contributed by atoms with Crippen LogP contribution in [0.4, 0.5) is 0 Å². The molecule has 0 N–H and O–H groups in total. The van der Waals surface area contributed by atoms with E-state index >= 15 is 0 Å². The van der Waals surface area contributed by atoms with Crippen LogP contribution < -0.4 is 4.74 Å². The second kappa shape index (κ2) is 6.12. The number of carbonyl (C=O) groups is 1. The number of benzene rings is 2. The SMILES string of the molecule is COc1ccc(-n2nnc3c(C(=O)c4ccccc4)ncnc32)cc1. The van der Waals surface area contributed by atoms with Crippen molar-refractivity contribution in [1.29, 1.82) is 0 Å². The molecular formula is C18H13N5O2. The first kappa shape index (κ1) is 14.9. The van der Waals surface area contributed by atoms with Gasteiger partial charge in [-0.15, -0.1) is 5.10 Å². The highest BCUT2D eigenvalue weighted by Crippen LogP contribution is 2.20. The minimum Gasteiger partial charge on any atom is -0.497 e. The average Bonchev–Trinajstić information content (AvgIpc) is 3.12. The van der Waals surface area contributed by atoms with Crippen LogP contribution >= 0.6 is 0 Å². The molecule has 0 saturated heterocycles. The van der Waals surface area contributed by atoms with Crippen LogP contribution in [0.1, 0.15) is 16.1 Å². The number of hydrogen-bond acceptors (Lipinski definition) is 6. The van der Waals surface area contributed by atoms with Crippen LogP contribution in [0, 0.1) is 0 Å². The number of hydrogen-bond donors (Lipinski definition) is 0. The van der Waals surface area contributed by atoms with E-state index in [2.05, 4.69) is 20.3 Å². The molecular weight excluding hydrogens is 318 g/mol. The van der Waals surface area contributed by atoms with E-state index in [1.54, 1.807) is 36.1 Å². The monoisotopic (exact) mass is 331 g/mol. The van der Waals surface area contributed by atoms with Gasteiger partial charge in [0.2, 0.25) is 5.78 Å². The fraction of sp³-hybridized carbons (Fsp3) is 0.0556. The van der Waals surface area contributed by atoms with E-state index in [1.807, 2.05) is 30.3 Å². The average molecular weight is 331 g/mol. The highest BCUT2D eigenvalue weighted by molar-refractivity contribution is 6.13. The molecule has 2 heterocycles. The molecule has 0 atom stereocenters. The maximum Gasteiger partial charge on any atom is 0.213 e. The van der Waals surface area contributed by atoms with Gasteiger partial charge in [-0.1, -0.05) is 35.5 Å². The normalized spacial score (nSPS) is 10.8. The van der Waals surface area contributed by atoms with Gasteiger partial charge in [-0.3, -0.25) is 4.79 Å². The number of aromatic nitrogens is 5. The Labute approximate surface area is 142 Å². The molecule has 0 fully saturated rings. The summed E-state index contributed by atoms with van der Waals surface area (Å²) in [4.78, 5) is 21.1. The fourth-order valence-corrected chi connectivity index (χ4v) is 2.54. The highest BCUT2D eigenvalue weighted by Gasteiger charge is 2.19. The van der Waals surface area contributed by atoms with Crippen LogP contribution in [-0.2, 0) is 0 Å². The largest absolute Gasteiger partial charge is 0.497 e. The Hall–Kier alpha value is -3.61. The Bertz CT molecular complexity index is 1040. The molecule has 2 aromatic heterocycles. The third kappa shape index (κ3) is 2.61. The number of fused-ring (bicyclic) bond motifs is 1. The van der Waals surface area contributed by atoms with Crippen LogP contribution in [0.15, 0.2) is 60.9 Å². The van der Waals surface area contributed by atoms with E-state index < -0.39 is 0 Å². The smallest absolute Gasteiger partial charge is 0.213 e. The molecule has 25 heavy (non-hydrogen) atoms. The van der Waals surface area contributed by atoms with E-state index in [9.17, 15) is 4.79 Å². The molecule has 0 aliphatic heterocycles. The molecule has 0 saturated carbocycles. The van der Waals surface area contributed by atoms with Crippen LogP contribution in [0.2, 0.25) is 0 Å². The number of nitrogens with zero attached hydrogens (tertiary/aromatic N) is 5. The van der Waals surface area contributed by atoms with Crippen LogP contribution in [0.5, 0.6) is 5.75 Å². The molecule has 2 aromatic carbocycles. The van der Waals surface area contributed by atoms with Gasteiger partial charge in [-0.25, -0.2) is 9.97 Å². The molecule has 0 radical (unpaired) electrons. The zero-order valence-corrected chi connectivity index (χ0v) is 13.3. The van der Waals surface area contributed by atoms with Crippen molar-refractivity contribution in [3.05, 3.63) is 72.2 Å². The van der Waals surface area contributed by atoms with Crippen LogP contribution in [0.25, 0.3) is 16.9 Å². The fourth-order valence-electron chi connectivity index (χ4n) is 2.54. The summed E-state index contributed by atoms with van der Waals surface area (Å²) in [7, 11) is 1.61. The number of ketones is 1. The molecule has 0 bridgehead atoms. The second-order valence-electron chi connectivity index (χ2n) is 5.29. The topological polar surface area (TPSA) is 82.8 Å². The molecule has 7 heteroatoms. The molecule has 0 unspecified atom stereocenters. The Balaban J connectivity index is 1.81. The van der Waals surface area contributed by atoms with E-state index in [4.69, 9.17) is 4.74 Å². The van der Waals surface area contributed by atoms with Crippen molar-refractivity contribution < 1.29 is 9.53 Å². The van der Waals surface area contributed by atoms with Gasteiger partial charge in [0, 0.05) is 5.56 Å². The molecule has 7 nitrogen and oxygen atoms in total. The Morgan fingerprint density at radius 2 is 1.76 bits per heavy atom. The van der Waals surface area contributed by atoms with Gasteiger partial charge in [0.05, 0.1) is 12.8 Å². The first-order chi connectivity index (χ1) is 12.3. The summed E-state index contributed by atoms with van der Waals surface area (Å²) >= 11 is 0. The second-order valence-corrected chi connectivity index (χ2v) is 5.29. The molecule has 0 aliphatic rings. The summed E-state index contributed by atoms with van der Waals surface area (Å²) in [6.07, 6.45) is 1.35. The summed E-state index contributed by atoms with van der Waals surface area (Å²) in [6.45, 7) is 0. The first-order valence-electron chi connectivity index (χ1n) is 7.58. The minimum absolute atomic E-state index is 0.213. The number of ether oxygens (including phenoxy) is 1. The van der Waals surface area contributed by atoms with Gasteiger partial charge in [-0.05, 0) is 24.3 Å². The summed E-state index contributed by atoms with van der Waals surface area (Å²) < 4.78 is 6.73. The van der Waals surface area contributed by atoms with Crippen molar-refractivity contribution in [2.75, 3.05) is 7.11 Å². The zero-order valence-electron chi connectivity index (χ0n) is 13.3. The molecule has 0 aliphatic carbocycles. The quantitative estimate of drug-likeness (QED) is 0.534. The summed E-state index contributed by atoms with van der Waals surface area (Å²) in [5.41, 5.74) is 2.38. The summed E-state index contributed by atoms with van der Waals surface area (Å²) in [5.74, 6) is 0.525. The minimum atomic E-state index is -0.213. The molecule has 4 rings (SSSR count). The standard InChI is InChI=1S/C18H13N5O2/c1-25-14-9-7-13(8-10-14)23-18-16(21-22-23)15(19-11-20-18)17(24)12-5-3-2-4-6-12/h2-11H,1H3. The zero-order chi connectivity index (χ0) is 17.2. The summed E-state index contributed by atoms with van der Waals surface area (Å²) in [5, 5.41) is 8.25. The van der Waals surface area contributed by atoms with Gasteiger partial charge >= 0.3 is 0 Å². The maximum atomic E-state index is 12.7. The van der Waals surface area contributed by atoms with Crippen molar-refractivity contribution in [3.8, 4) is 11.4 Å². The van der Waals surface area contributed by atoms with Gasteiger partial charge in [0.1, 0.15) is 17.8 Å². The van der Waals surface area contributed by atoms with Crippen molar-refractivity contribution in [2.24, 2.45) is 0 Å². The van der Waals surface area contributed by atoms with Gasteiger partial charge in [0.25, 0.3) is 0 Å². The molecule has 122 valence electrons. The lowest BCUT2D eigenvalue weighted by Crippen LogP contribution is -2.06. The summed E-state index contributed by atoms with van der Waals surface area (Å²) in [6, 6.07) is 16.3. The van der Waals surface area contributed by atoms with E-state index in [0.717, 1.165) is 11.4 Å². The maximum absolute atomic E-state index is 12.7. The molecule has 0 amide bonds. The van der Waals surface area contributed by atoms with Crippen LogP contribution in [-0.4, -0.2) is 37.9 Å². The first-order valence-corrected chi connectivity index (χ1v) is 7.58. The Morgan fingerprint density at radius 1 is 1.00 bits per heavy atom. The predicted molar refractivity (Wildman–Crippen MR) is 90.9 cm³/mol. The van der Waals surface area contributed by atoms with Gasteiger partial charge < -0.3 is 4.74 Å². The number of rotatable bonds is 4. The van der Waals surface area contributed by atoms with Crippen LogP contribution in [0.3, 0.4) is 0 Å². The van der Waals surface area contributed by atoms with Gasteiger partial charge in [0.15, 0.2) is 11.2 Å².